The Hall–Kier alpha value is -2.83. The maximum Gasteiger partial charge on any atom is 0.278 e. The molecule has 0 atom stereocenters. The molecule has 3 rings (SSSR count). The number of nitrogens with one attached hydrogen (secondary N) is 1. The highest BCUT2D eigenvalue weighted by molar-refractivity contribution is 5.56. The summed E-state index contributed by atoms with van der Waals surface area (Å²) in [5.74, 6) is 0.663. The van der Waals surface area contributed by atoms with Crippen LogP contribution in [0.1, 0.15) is 0 Å². The summed E-state index contributed by atoms with van der Waals surface area (Å²) < 4.78 is 5.07. The lowest BCUT2D eigenvalue weighted by atomic mass is 10.3. The molecular formula is C11H7N5O2. The van der Waals surface area contributed by atoms with Gasteiger partial charge in [0.05, 0.1) is 0 Å². The van der Waals surface area contributed by atoms with E-state index in [9.17, 15) is 4.79 Å². The van der Waals surface area contributed by atoms with E-state index in [1.807, 2.05) is 6.07 Å². The van der Waals surface area contributed by atoms with Crippen LogP contribution in [0.25, 0.3) is 23.0 Å². The summed E-state index contributed by atoms with van der Waals surface area (Å²) in [5, 5.41) is 9.93. The van der Waals surface area contributed by atoms with Crippen LogP contribution in [0.4, 0.5) is 0 Å². The zero-order chi connectivity index (χ0) is 12.4. The minimum atomic E-state index is -0.286. The third-order valence-corrected chi connectivity index (χ3v) is 2.24. The molecule has 0 radical (unpaired) electrons. The van der Waals surface area contributed by atoms with Crippen LogP contribution in [0.3, 0.4) is 0 Å². The molecule has 0 spiro atoms. The number of hydrogen-bond donors (Lipinski definition) is 1. The molecule has 3 aromatic rings. The van der Waals surface area contributed by atoms with E-state index >= 15 is 0 Å². The van der Waals surface area contributed by atoms with Crippen molar-refractivity contribution < 1.29 is 4.52 Å². The van der Waals surface area contributed by atoms with Crippen molar-refractivity contribution in [1.82, 2.24) is 25.3 Å². The van der Waals surface area contributed by atoms with Crippen LogP contribution in [0.2, 0.25) is 0 Å². The maximum atomic E-state index is 10.9. The monoisotopic (exact) mass is 241 g/mol. The first-order valence-electron chi connectivity index (χ1n) is 5.13. The van der Waals surface area contributed by atoms with Crippen LogP contribution in [0.5, 0.6) is 0 Å². The second kappa shape index (κ2) is 4.21. The average Bonchev–Trinajstić information content (AvgIpc) is 2.90. The van der Waals surface area contributed by atoms with Gasteiger partial charge in [0, 0.05) is 24.0 Å². The van der Waals surface area contributed by atoms with Crippen molar-refractivity contribution >= 4 is 0 Å². The Labute approximate surface area is 101 Å². The van der Waals surface area contributed by atoms with Crippen molar-refractivity contribution in [2.45, 2.75) is 0 Å². The van der Waals surface area contributed by atoms with Crippen LogP contribution in [-0.2, 0) is 0 Å². The topological polar surface area (TPSA) is 97.6 Å². The number of hydrogen-bond acceptors (Lipinski definition) is 6. The molecule has 0 amide bonds. The highest BCUT2D eigenvalue weighted by Gasteiger charge is 2.11. The molecule has 0 saturated heterocycles. The van der Waals surface area contributed by atoms with Gasteiger partial charge in [0.1, 0.15) is 5.69 Å². The quantitative estimate of drug-likeness (QED) is 0.715. The van der Waals surface area contributed by atoms with E-state index in [0.717, 1.165) is 5.56 Å². The van der Waals surface area contributed by atoms with E-state index in [4.69, 9.17) is 4.52 Å². The molecule has 7 nitrogen and oxygen atoms in total. The Bertz CT molecular complexity index is 699. The molecule has 0 aliphatic carbocycles. The fourth-order valence-corrected chi connectivity index (χ4v) is 1.40. The summed E-state index contributed by atoms with van der Waals surface area (Å²) in [6, 6.07) is 6.46. The molecule has 0 fully saturated rings. The highest BCUT2D eigenvalue weighted by Crippen LogP contribution is 2.18. The van der Waals surface area contributed by atoms with Gasteiger partial charge in [0.2, 0.25) is 5.82 Å². The number of aromatic amines is 1. The van der Waals surface area contributed by atoms with Gasteiger partial charge < -0.3 is 4.52 Å². The van der Waals surface area contributed by atoms with Crippen LogP contribution in [-0.4, -0.2) is 25.3 Å². The Morgan fingerprint density at radius 1 is 1.22 bits per heavy atom. The molecule has 0 bridgehead atoms. The summed E-state index contributed by atoms with van der Waals surface area (Å²) in [5.41, 5.74) is 0.875. The lowest BCUT2D eigenvalue weighted by Gasteiger charge is -1.90. The lowest BCUT2D eigenvalue weighted by molar-refractivity contribution is 0.430. The second-order valence-electron chi connectivity index (χ2n) is 3.47. The van der Waals surface area contributed by atoms with E-state index in [2.05, 4.69) is 25.3 Å². The zero-order valence-corrected chi connectivity index (χ0v) is 9.07. The first kappa shape index (κ1) is 10.3. The summed E-state index contributed by atoms with van der Waals surface area (Å²) >= 11 is 0. The normalized spacial score (nSPS) is 10.4. The number of nitrogens with zero attached hydrogens (tertiary/aromatic N) is 4. The molecule has 7 heteroatoms. The summed E-state index contributed by atoms with van der Waals surface area (Å²) in [7, 11) is 0. The van der Waals surface area contributed by atoms with Crippen molar-refractivity contribution in [2.24, 2.45) is 0 Å². The summed E-state index contributed by atoms with van der Waals surface area (Å²) in [6.45, 7) is 0. The minimum Gasteiger partial charge on any atom is -0.332 e. The molecule has 18 heavy (non-hydrogen) atoms. The molecule has 3 aromatic heterocycles. The van der Waals surface area contributed by atoms with Gasteiger partial charge in [-0.25, -0.2) is 5.10 Å². The van der Waals surface area contributed by atoms with Gasteiger partial charge >= 0.3 is 0 Å². The van der Waals surface area contributed by atoms with E-state index in [1.54, 1.807) is 18.5 Å². The third kappa shape index (κ3) is 1.88. The van der Waals surface area contributed by atoms with Crippen molar-refractivity contribution in [2.75, 3.05) is 0 Å². The Morgan fingerprint density at radius 3 is 2.89 bits per heavy atom. The number of pyridine rings is 1. The van der Waals surface area contributed by atoms with E-state index < -0.39 is 0 Å². The third-order valence-electron chi connectivity index (χ3n) is 2.24. The van der Waals surface area contributed by atoms with Gasteiger partial charge in [0.25, 0.3) is 11.4 Å². The van der Waals surface area contributed by atoms with Gasteiger partial charge in [-0.3, -0.25) is 9.78 Å². The van der Waals surface area contributed by atoms with Crippen LogP contribution in [0, 0.1) is 0 Å². The largest absolute Gasteiger partial charge is 0.332 e. The summed E-state index contributed by atoms with van der Waals surface area (Å²) in [4.78, 5) is 19.0. The molecule has 3 heterocycles. The zero-order valence-electron chi connectivity index (χ0n) is 9.07. The number of rotatable bonds is 2. The van der Waals surface area contributed by atoms with Crippen molar-refractivity contribution in [3.63, 3.8) is 0 Å². The van der Waals surface area contributed by atoms with Gasteiger partial charge in [-0.2, -0.15) is 10.1 Å². The molecule has 0 unspecified atom stereocenters. The van der Waals surface area contributed by atoms with Crippen molar-refractivity contribution in [1.29, 1.82) is 0 Å². The fourth-order valence-electron chi connectivity index (χ4n) is 1.40. The van der Waals surface area contributed by atoms with E-state index in [-0.39, 0.29) is 11.4 Å². The second-order valence-corrected chi connectivity index (χ2v) is 3.47. The number of H-pyrrole nitrogens is 1. The first-order valence-corrected chi connectivity index (χ1v) is 5.13. The van der Waals surface area contributed by atoms with Gasteiger partial charge in [-0.05, 0) is 18.2 Å². The number of aromatic nitrogens is 5. The predicted molar refractivity (Wildman–Crippen MR) is 61.4 cm³/mol. The summed E-state index contributed by atoms with van der Waals surface area (Å²) in [6.07, 6.45) is 3.29. The SMILES string of the molecule is O=c1ccc(-c2nc(-c3cccnc3)no2)n[nH]1. The smallest absolute Gasteiger partial charge is 0.278 e. The molecule has 0 aliphatic rings. The predicted octanol–water partition coefficient (Wildman–Crippen LogP) is 0.882. The van der Waals surface area contributed by atoms with E-state index in [0.29, 0.717) is 11.5 Å². The maximum absolute atomic E-state index is 10.9. The highest BCUT2D eigenvalue weighted by atomic mass is 16.5. The van der Waals surface area contributed by atoms with Gasteiger partial charge in [-0.1, -0.05) is 5.16 Å². The first-order chi connectivity index (χ1) is 8.83. The Balaban J connectivity index is 1.99. The standard InChI is InChI=1S/C11H7N5O2/c17-9-4-3-8(14-15-9)11-13-10(16-18-11)7-2-1-5-12-6-7/h1-6H,(H,15,17). The Kier molecular flexibility index (Phi) is 2.41. The molecule has 0 saturated carbocycles. The van der Waals surface area contributed by atoms with Crippen molar-refractivity contribution in [3.8, 4) is 23.0 Å². The fraction of sp³-hybridized carbons (Fsp3) is 0. The molecule has 0 aromatic carbocycles. The van der Waals surface area contributed by atoms with Gasteiger partial charge in [0.15, 0.2) is 0 Å². The van der Waals surface area contributed by atoms with Crippen LogP contribution < -0.4 is 5.56 Å². The van der Waals surface area contributed by atoms with Crippen LogP contribution >= 0.6 is 0 Å². The van der Waals surface area contributed by atoms with Crippen LogP contribution in [0.15, 0.2) is 46.0 Å². The molecule has 1 N–H and O–H groups in total. The minimum absolute atomic E-state index is 0.241. The van der Waals surface area contributed by atoms with Crippen molar-refractivity contribution in [3.05, 3.63) is 47.0 Å². The molecular weight excluding hydrogens is 234 g/mol. The average molecular weight is 241 g/mol. The van der Waals surface area contributed by atoms with E-state index in [1.165, 1.54) is 12.1 Å². The van der Waals surface area contributed by atoms with Gasteiger partial charge in [-0.15, -0.1) is 0 Å². The Morgan fingerprint density at radius 2 is 2.17 bits per heavy atom. The molecule has 88 valence electrons. The molecule has 0 aliphatic heterocycles. The lowest BCUT2D eigenvalue weighted by Crippen LogP contribution is -2.05.